The van der Waals surface area contributed by atoms with Gasteiger partial charge < -0.3 is 10.1 Å². The van der Waals surface area contributed by atoms with Gasteiger partial charge in [0.1, 0.15) is 0 Å². The Kier molecular flexibility index (Phi) is 4.94. The van der Waals surface area contributed by atoms with Crippen molar-refractivity contribution in [3.8, 4) is 5.75 Å². The molecule has 0 aliphatic carbocycles. The Morgan fingerprint density at radius 2 is 2.35 bits per heavy atom. The molecule has 90 valence electrons. The highest BCUT2D eigenvalue weighted by molar-refractivity contribution is 5.91. The van der Waals surface area contributed by atoms with Crippen molar-refractivity contribution in [3.63, 3.8) is 0 Å². The van der Waals surface area contributed by atoms with E-state index in [0.717, 1.165) is 0 Å². The van der Waals surface area contributed by atoms with Gasteiger partial charge in [-0.15, -0.1) is 6.58 Å². The van der Waals surface area contributed by atoms with Crippen molar-refractivity contribution >= 4 is 12.0 Å². The summed E-state index contributed by atoms with van der Waals surface area (Å²) in [6.45, 7) is 3.88. The molecule has 1 rings (SSSR count). The van der Waals surface area contributed by atoms with Gasteiger partial charge in [0.05, 0.1) is 7.11 Å². The summed E-state index contributed by atoms with van der Waals surface area (Å²) in [5, 5.41) is 2.58. The van der Waals surface area contributed by atoms with E-state index in [4.69, 9.17) is 4.74 Å². The zero-order valence-corrected chi connectivity index (χ0v) is 9.57. The molecule has 17 heavy (non-hydrogen) atoms. The van der Waals surface area contributed by atoms with E-state index in [1.807, 2.05) is 0 Å². The Hall–Kier alpha value is -2.10. The molecular weight excluding hydrogens is 221 g/mol. The summed E-state index contributed by atoms with van der Waals surface area (Å²) < 4.78 is 18.1. The fraction of sp³-hybridized carbons (Fsp3) is 0.154. The van der Waals surface area contributed by atoms with Crippen LogP contribution in [0.3, 0.4) is 0 Å². The van der Waals surface area contributed by atoms with Gasteiger partial charge in [0.15, 0.2) is 11.6 Å². The summed E-state index contributed by atoms with van der Waals surface area (Å²) in [6, 6.07) is 4.48. The minimum absolute atomic E-state index is 0.179. The first-order valence-corrected chi connectivity index (χ1v) is 5.07. The second-order valence-electron chi connectivity index (χ2n) is 3.26. The van der Waals surface area contributed by atoms with Gasteiger partial charge >= 0.3 is 0 Å². The summed E-state index contributed by atoms with van der Waals surface area (Å²) in [7, 11) is 1.40. The van der Waals surface area contributed by atoms with Crippen LogP contribution in [0.15, 0.2) is 36.9 Å². The minimum atomic E-state index is -0.457. The molecule has 0 unspecified atom stereocenters. The summed E-state index contributed by atoms with van der Waals surface area (Å²) in [5.74, 6) is -0.527. The van der Waals surface area contributed by atoms with Crippen LogP contribution in [0.25, 0.3) is 6.08 Å². The van der Waals surface area contributed by atoms with Crippen molar-refractivity contribution in [2.45, 2.75) is 0 Å². The van der Waals surface area contributed by atoms with Gasteiger partial charge in [-0.2, -0.15) is 0 Å². The average molecular weight is 235 g/mol. The molecule has 0 aliphatic heterocycles. The SMILES string of the molecule is C=CCNC(=O)C=Cc1ccc(OC)c(F)c1. The Morgan fingerprint density at radius 1 is 1.59 bits per heavy atom. The summed E-state index contributed by atoms with van der Waals surface area (Å²) >= 11 is 0. The molecule has 4 heteroatoms. The molecule has 1 aromatic rings. The average Bonchev–Trinajstić information content (AvgIpc) is 2.34. The number of nitrogens with one attached hydrogen (secondary N) is 1. The summed E-state index contributed by atoms with van der Waals surface area (Å²) in [6.07, 6.45) is 4.45. The van der Waals surface area contributed by atoms with Crippen LogP contribution in [0.5, 0.6) is 5.75 Å². The third kappa shape index (κ3) is 4.10. The maximum Gasteiger partial charge on any atom is 0.244 e. The number of methoxy groups -OCH3 is 1. The highest BCUT2D eigenvalue weighted by Gasteiger charge is 2.01. The predicted molar refractivity (Wildman–Crippen MR) is 65.2 cm³/mol. The molecular formula is C13H14FNO2. The van der Waals surface area contributed by atoms with Crippen molar-refractivity contribution in [1.82, 2.24) is 5.32 Å². The van der Waals surface area contributed by atoms with Crippen molar-refractivity contribution in [1.29, 1.82) is 0 Å². The fourth-order valence-corrected chi connectivity index (χ4v) is 1.19. The molecule has 1 aromatic carbocycles. The summed E-state index contributed by atoms with van der Waals surface area (Å²) in [4.78, 5) is 11.2. The van der Waals surface area contributed by atoms with Crippen LogP contribution < -0.4 is 10.1 Å². The van der Waals surface area contributed by atoms with Crippen molar-refractivity contribution in [2.24, 2.45) is 0 Å². The van der Waals surface area contributed by atoms with E-state index in [2.05, 4.69) is 11.9 Å². The number of hydrogen-bond donors (Lipinski definition) is 1. The molecule has 0 atom stereocenters. The lowest BCUT2D eigenvalue weighted by molar-refractivity contribution is -0.116. The fourth-order valence-electron chi connectivity index (χ4n) is 1.19. The van der Waals surface area contributed by atoms with Gasteiger partial charge in [0.2, 0.25) is 5.91 Å². The second kappa shape index (κ2) is 6.48. The monoisotopic (exact) mass is 235 g/mol. The van der Waals surface area contributed by atoms with Gasteiger partial charge in [-0.1, -0.05) is 12.1 Å². The number of halogens is 1. The topological polar surface area (TPSA) is 38.3 Å². The number of carbonyl (C=O) groups excluding carboxylic acids is 1. The van der Waals surface area contributed by atoms with Crippen molar-refractivity contribution < 1.29 is 13.9 Å². The van der Waals surface area contributed by atoms with E-state index in [9.17, 15) is 9.18 Å². The van der Waals surface area contributed by atoms with Crippen LogP contribution in [0.1, 0.15) is 5.56 Å². The molecule has 0 heterocycles. The Morgan fingerprint density at radius 3 is 2.94 bits per heavy atom. The Bertz CT molecular complexity index is 441. The molecule has 0 saturated heterocycles. The highest BCUT2D eigenvalue weighted by Crippen LogP contribution is 2.18. The number of benzene rings is 1. The van der Waals surface area contributed by atoms with E-state index < -0.39 is 5.82 Å². The summed E-state index contributed by atoms with van der Waals surface area (Å²) in [5.41, 5.74) is 0.594. The molecule has 1 amide bonds. The van der Waals surface area contributed by atoms with Gasteiger partial charge in [0.25, 0.3) is 0 Å². The zero-order valence-electron chi connectivity index (χ0n) is 9.57. The molecule has 0 bridgehead atoms. The predicted octanol–water partition coefficient (Wildman–Crippen LogP) is 2.15. The van der Waals surface area contributed by atoms with Crippen LogP contribution in [-0.2, 0) is 4.79 Å². The minimum Gasteiger partial charge on any atom is -0.494 e. The van der Waals surface area contributed by atoms with Gasteiger partial charge in [-0.05, 0) is 23.8 Å². The molecule has 0 spiro atoms. The smallest absolute Gasteiger partial charge is 0.244 e. The van der Waals surface area contributed by atoms with Crippen molar-refractivity contribution in [2.75, 3.05) is 13.7 Å². The van der Waals surface area contributed by atoms with Gasteiger partial charge in [0, 0.05) is 12.6 Å². The molecule has 0 radical (unpaired) electrons. The normalized spacial score (nSPS) is 10.2. The van der Waals surface area contributed by atoms with E-state index in [1.54, 1.807) is 12.1 Å². The largest absolute Gasteiger partial charge is 0.494 e. The number of carbonyl (C=O) groups is 1. The maximum atomic E-state index is 13.3. The van der Waals surface area contributed by atoms with E-state index in [1.165, 1.54) is 31.4 Å². The Balaban J connectivity index is 2.68. The van der Waals surface area contributed by atoms with E-state index >= 15 is 0 Å². The first kappa shape index (κ1) is 13.0. The first-order valence-electron chi connectivity index (χ1n) is 5.07. The molecule has 3 nitrogen and oxygen atoms in total. The van der Waals surface area contributed by atoms with Crippen molar-refractivity contribution in [3.05, 3.63) is 48.3 Å². The van der Waals surface area contributed by atoms with Gasteiger partial charge in [-0.3, -0.25) is 4.79 Å². The van der Waals surface area contributed by atoms with E-state index in [0.29, 0.717) is 12.1 Å². The third-order valence-corrected chi connectivity index (χ3v) is 2.02. The van der Waals surface area contributed by atoms with Crippen LogP contribution in [0, 0.1) is 5.82 Å². The number of amides is 1. The first-order chi connectivity index (χ1) is 8.17. The van der Waals surface area contributed by atoms with Crippen LogP contribution in [0.4, 0.5) is 4.39 Å². The van der Waals surface area contributed by atoms with E-state index in [-0.39, 0.29) is 11.7 Å². The number of rotatable bonds is 5. The Labute approximate surface area is 99.6 Å². The van der Waals surface area contributed by atoms with Crippen LogP contribution in [0.2, 0.25) is 0 Å². The molecule has 0 aliphatic rings. The number of ether oxygens (including phenoxy) is 1. The number of hydrogen-bond acceptors (Lipinski definition) is 2. The highest BCUT2D eigenvalue weighted by atomic mass is 19.1. The molecule has 0 aromatic heterocycles. The maximum absolute atomic E-state index is 13.3. The lowest BCUT2D eigenvalue weighted by Gasteiger charge is -2.01. The lowest BCUT2D eigenvalue weighted by Crippen LogP contribution is -2.20. The molecule has 0 fully saturated rings. The molecule has 0 saturated carbocycles. The van der Waals surface area contributed by atoms with Gasteiger partial charge in [-0.25, -0.2) is 4.39 Å². The second-order valence-corrected chi connectivity index (χ2v) is 3.26. The molecule has 1 N–H and O–H groups in total. The standard InChI is InChI=1S/C13H14FNO2/c1-3-8-15-13(16)7-5-10-4-6-12(17-2)11(14)9-10/h3-7,9H,1,8H2,2H3,(H,15,16). The quantitative estimate of drug-likeness (QED) is 0.627. The zero-order chi connectivity index (χ0) is 12.7. The third-order valence-electron chi connectivity index (χ3n) is 2.02. The van der Waals surface area contributed by atoms with Crippen LogP contribution in [-0.4, -0.2) is 19.6 Å². The lowest BCUT2D eigenvalue weighted by atomic mass is 10.2. The van der Waals surface area contributed by atoms with Crippen LogP contribution >= 0.6 is 0 Å².